The number of ether oxygens (including phenoxy) is 1. The highest BCUT2D eigenvalue weighted by molar-refractivity contribution is 5.88. The number of carbonyl (C=O) groups is 1. The second-order valence-corrected chi connectivity index (χ2v) is 12.9. The van der Waals surface area contributed by atoms with Gasteiger partial charge in [0, 0.05) is 5.56 Å². The Morgan fingerprint density at radius 2 is 1.51 bits per heavy atom. The third-order valence-corrected chi connectivity index (χ3v) is 9.18. The number of carboxylic acids is 1. The van der Waals surface area contributed by atoms with E-state index < -0.39 is 5.97 Å². The van der Waals surface area contributed by atoms with Crippen LogP contribution in [0.2, 0.25) is 0 Å². The molecule has 39 heavy (non-hydrogen) atoms. The van der Waals surface area contributed by atoms with E-state index in [1.54, 1.807) is 12.1 Å². The molecule has 5 rings (SSSR count). The molecule has 4 heteroatoms. The second kappa shape index (κ2) is 10.8. The molecule has 1 saturated carbocycles. The summed E-state index contributed by atoms with van der Waals surface area (Å²) in [4.78, 5) is 11.4. The zero-order chi connectivity index (χ0) is 27.8. The van der Waals surface area contributed by atoms with Crippen molar-refractivity contribution in [3.63, 3.8) is 0 Å². The molecule has 1 atom stereocenters. The minimum atomic E-state index is -0.912. The van der Waals surface area contributed by atoms with Crippen LogP contribution in [0.5, 0.6) is 5.75 Å². The molecule has 0 aliphatic heterocycles. The number of hydrogen-bond acceptors (Lipinski definition) is 3. The Morgan fingerprint density at radius 1 is 0.872 bits per heavy atom. The van der Waals surface area contributed by atoms with Crippen LogP contribution in [-0.4, -0.2) is 24.2 Å². The largest absolute Gasteiger partial charge is 0.493 e. The molecule has 0 radical (unpaired) electrons. The molecular weight excluding hydrogens is 482 g/mol. The molecule has 0 bridgehead atoms. The van der Waals surface area contributed by atoms with Crippen molar-refractivity contribution < 1.29 is 14.6 Å². The number of carboxylic acid groups (broad SMARTS) is 1. The van der Waals surface area contributed by atoms with E-state index in [0.29, 0.717) is 18.1 Å². The Labute approximate surface area is 233 Å². The van der Waals surface area contributed by atoms with Crippen LogP contribution in [0.1, 0.15) is 87.7 Å². The molecule has 206 valence electrons. The van der Waals surface area contributed by atoms with Gasteiger partial charge in [0.1, 0.15) is 5.75 Å². The zero-order valence-electron chi connectivity index (χ0n) is 23.9. The van der Waals surface area contributed by atoms with Gasteiger partial charge >= 0.3 is 5.97 Å². The van der Waals surface area contributed by atoms with Gasteiger partial charge in [0.15, 0.2) is 0 Å². The van der Waals surface area contributed by atoms with E-state index in [1.807, 2.05) is 12.1 Å². The predicted octanol–water partition coefficient (Wildman–Crippen LogP) is 8.21. The van der Waals surface area contributed by atoms with Crippen LogP contribution in [-0.2, 0) is 10.8 Å². The lowest BCUT2D eigenvalue weighted by atomic mass is 9.63. The van der Waals surface area contributed by atoms with Crippen LogP contribution in [0.4, 0.5) is 0 Å². The van der Waals surface area contributed by atoms with Crippen molar-refractivity contribution >= 4 is 5.97 Å². The summed E-state index contributed by atoms with van der Waals surface area (Å²) >= 11 is 0. The third kappa shape index (κ3) is 5.91. The number of rotatable bonds is 10. The third-order valence-electron chi connectivity index (χ3n) is 9.18. The normalized spacial score (nSPS) is 18.3. The van der Waals surface area contributed by atoms with E-state index in [0.717, 1.165) is 47.7 Å². The van der Waals surface area contributed by atoms with Crippen LogP contribution < -0.4 is 10.5 Å². The van der Waals surface area contributed by atoms with Crippen molar-refractivity contribution in [1.29, 1.82) is 0 Å². The van der Waals surface area contributed by atoms with Gasteiger partial charge < -0.3 is 15.6 Å². The molecular formula is C35H43NO3. The maximum atomic E-state index is 11.4. The van der Waals surface area contributed by atoms with Gasteiger partial charge in [-0.2, -0.15) is 0 Å². The van der Waals surface area contributed by atoms with Crippen LogP contribution >= 0.6 is 0 Å². The minimum Gasteiger partial charge on any atom is -0.493 e. The lowest BCUT2D eigenvalue weighted by molar-refractivity contribution is 0.0697. The summed E-state index contributed by atoms with van der Waals surface area (Å²) in [7, 11) is 0. The van der Waals surface area contributed by atoms with Crippen molar-refractivity contribution in [2.75, 3.05) is 13.2 Å². The Kier molecular flexibility index (Phi) is 7.61. The number of fused-ring (bicyclic) bond motifs is 1. The molecule has 4 nitrogen and oxygen atoms in total. The highest BCUT2D eigenvalue weighted by Gasteiger charge is 2.37. The van der Waals surface area contributed by atoms with Crippen molar-refractivity contribution in [2.45, 2.75) is 77.0 Å². The first-order valence-electron chi connectivity index (χ1n) is 14.5. The summed E-state index contributed by atoms with van der Waals surface area (Å²) in [5, 5.41) is 9.32. The number of aromatic carboxylic acids is 1. The highest BCUT2D eigenvalue weighted by atomic mass is 16.5. The van der Waals surface area contributed by atoms with Crippen LogP contribution in [0.3, 0.4) is 0 Å². The van der Waals surface area contributed by atoms with Gasteiger partial charge in [-0.25, -0.2) is 4.79 Å². The fraction of sp³-hybridized carbons (Fsp3) is 0.457. The van der Waals surface area contributed by atoms with Gasteiger partial charge in [-0.15, -0.1) is 0 Å². The zero-order valence-corrected chi connectivity index (χ0v) is 23.9. The predicted molar refractivity (Wildman–Crippen MR) is 160 cm³/mol. The second-order valence-electron chi connectivity index (χ2n) is 12.9. The van der Waals surface area contributed by atoms with Crippen molar-refractivity contribution in [3.05, 3.63) is 77.4 Å². The molecule has 1 fully saturated rings. The summed E-state index contributed by atoms with van der Waals surface area (Å²) in [6.07, 6.45) is 7.11. The summed E-state index contributed by atoms with van der Waals surface area (Å²) in [5.41, 5.74) is 13.6. The van der Waals surface area contributed by atoms with E-state index in [1.165, 1.54) is 42.4 Å². The van der Waals surface area contributed by atoms with Crippen molar-refractivity contribution in [3.8, 4) is 28.0 Å². The molecule has 1 unspecified atom stereocenters. The average Bonchev–Trinajstić information content (AvgIpc) is 3.76. The summed E-state index contributed by atoms with van der Waals surface area (Å²) < 4.78 is 6.51. The van der Waals surface area contributed by atoms with Gasteiger partial charge in [0.05, 0.1) is 12.2 Å². The fourth-order valence-electron chi connectivity index (χ4n) is 6.34. The van der Waals surface area contributed by atoms with E-state index in [9.17, 15) is 9.90 Å². The van der Waals surface area contributed by atoms with E-state index in [2.05, 4.69) is 64.1 Å². The quantitative estimate of drug-likeness (QED) is 0.280. The number of benzene rings is 3. The topological polar surface area (TPSA) is 72.5 Å². The monoisotopic (exact) mass is 525 g/mol. The highest BCUT2D eigenvalue weighted by Crippen LogP contribution is 2.48. The van der Waals surface area contributed by atoms with Crippen molar-refractivity contribution in [2.24, 2.45) is 17.6 Å². The molecule has 2 aliphatic carbocycles. The first kappa shape index (κ1) is 27.5. The molecule has 3 aromatic carbocycles. The van der Waals surface area contributed by atoms with Crippen LogP contribution in [0, 0.1) is 11.8 Å². The van der Waals surface area contributed by atoms with Gasteiger partial charge in [0.2, 0.25) is 0 Å². The van der Waals surface area contributed by atoms with Gasteiger partial charge in [0.25, 0.3) is 0 Å². The van der Waals surface area contributed by atoms with Gasteiger partial charge in [-0.1, -0.05) is 64.1 Å². The lowest BCUT2D eigenvalue weighted by Gasteiger charge is -2.42. The molecule has 0 amide bonds. The number of nitrogens with two attached hydrogens (primary N) is 1. The first-order valence-corrected chi connectivity index (χ1v) is 14.5. The molecule has 0 spiro atoms. The van der Waals surface area contributed by atoms with Gasteiger partial charge in [-0.05, 0) is 120 Å². The SMILES string of the molecule is CC1(C)CCC(C)(C)c2cc(-c3cc(-c4ccc(C(=O)O)cc4)ccc3OCCC(CCN)C3CC3)ccc21. The molecule has 3 aromatic rings. The fourth-order valence-corrected chi connectivity index (χ4v) is 6.34. The maximum absolute atomic E-state index is 11.4. The number of hydrogen-bond donors (Lipinski definition) is 2. The molecule has 3 N–H and O–H groups in total. The summed E-state index contributed by atoms with van der Waals surface area (Å²) in [5.74, 6) is 1.46. The lowest BCUT2D eigenvalue weighted by Crippen LogP contribution is -2.33. The first-order chi connectivity index (χ1) is 18.6. The van der Waals surface area contributed by atoms with E-state index in [4.69, 9.17) is 10.5 Å². The maximum Gasteiger partial charge on any atom is 0.335 e. The Morgan fingerprint density at radius 3 is 2.15 bits per heavy atom. The Hall–Kier alpha value is -3.11. The van der Waals surface area contributed by atoms with Crippen LogP contribution in [0.15, 0.2) is 60.7 Å². The molecule has 0 aromatic heterocycles. The van der Waals surface area contributed by atoms with Crippen molar-refractivity contribution in [1.82, 2.24) is 0 Å². The average molecular weight is 526 g/mol. The smallest absolute Gasteiger partial charge is 0.335 e. The summed E-state index contributed by atoms with van der Waals surface area (Å²) in [6.45, 7) is 10.9. The van der Waals surface area contributed by atoms with E-state index in [-0.39, 0.29) is 10.8 Å². The Bertz CT molecular complexity index is 1330. The molecule has 0 saturated heterocycles. The minimum absolute atomic E-state index is 0.117. The molecule has 0 heterocycles. The molecule has 2 aliphatic rings. The van der Waals surface area contributed by atoms with Crippen LogP contribution in [0.25, 0.3) is 22.3 Å². The Balaban J connectivity index is 1.51. The van der Waals surface area contributed by atoms with E-state index >= 15 is 0 Å². The van der Waals surface area contributed by atoms with Gasteiger partial charge in [-0.3, -0.25) is 0 Å². The summed E-state index contributed by atoms with van der Waals surface area (Å²) in [6, 6.07) is 20.4. The standard InChI is InChI=1S/C35H43NO3/c1-34(2)17-18-35(3,4)31-22-28(11-13-30(31)34)29-21-27(24-7-9-26(10-8-24)33(37)38)12-14-32(29)39-20-16-25(15-19-36)23-5-6-23/h7-14,21-23,25H,5-6,15-20,36H2,1-4H3,(H,37,38).